The predicted molar refractivity (Wildman–Crippen MR) is 157 cm³/mol. The molecule has 12 heteroatoms. The van der Waals surface area contributed by atoms with E-state index < -0.39 is 28.9 Å². The molecule has 1 saturated heterocycles. The summed E-state index contributed by atoms with van der Waals surface area (Å²) in [5, 5.41) is 15.2. The second-order valence-corrected chi connectivity index (χ2v) is 12.5. The Labute approximate surface area is 239 Å². The summed E-state index contributed by atoms with van der Waals surface area (Å²) in [5.74, 6) is -0.848. The molecule has 2 heterocycles. The van der Waals surface area contributed by atoms with E-state index in [0.29, 0.717) is 25.3 Å². The van der Waals surface area contributed by atoms with Gasteiger partial charge >= 0.3 is 6.09 Å². The van der Waals surface area contributed by atoms with Crippen LogP contribution in [0, 0.1) is 0 Å². The average molecular weight is 576 g/mol. The Morgan fingerprint density at radius 3 is 2.55 bits per heavy atom. The third-order valence-corrected chi connectivity index (χ3v) is 7.50. The molecule has 0 aliphatic carbocycles. The minimum Gasteiger partial charge on any atom is -0.481 e. The minimum atomic E-state index is -0.836. The summed E-state index contributed by atoms with van der Waals surface area (Å²) in [6.07, 6.45) is 2.31. The van der Waals surface area contributed by atoms with Crippen LogP contribution in [0.15, 0.2) is 30.5 Å². The highest BCUT2D eigenvalue weighted by atomic mass is 32.2. The van der Waals surface area contributed by atoms with Crippen LogP contribution >= 0.6 is 11.8 Å². The number of benzene rings is 1. The number of likely N-dealkylation sites (tertiary alicyclic amines) is 1. The van der Waals surface area contributed by atoms with Crippen molar-refractivity contribution in [1.82, 2.24) is 20.5 Å². The van der Waals surface area contributed by atoms with Crippen molar-refractivity contribution in [3.63, 3.8) is 0 Å². The summed E-state index contributed by atoms with van der Waals surface area (Å²) < 4.78 is 4.46. The van der Waals surface area contributed by atoms with Gasteiger partial charge in [-0.15, -0.1) is 0 Å². The maximum absolute atomic E-state index is 13.7. The van der Waals surface area contributed by atoms with Crippen molar-refractivity contribution >= 4 is 52.2 Å². The van der Waals surface area contributed by atoms with Crippen LogP contribution in [0.4, 0.5) is 10.6 Å². The molecule has 0 radical (unpaired) electrons. The Hall–Kier alpha value is -3.54. The highest BCUT2D eigenvalue weighted by Crippen LogP contribution is 2.34. The first kappa shape index (κ1) is 32.7. The number of nitrogen functional groups attached to an aromatic ring is 1. The zero-order chi connectivity index (χ0) is 30.0. The maximum atomic E-state index is 13.7. The van der Waals surface area contributed by atoms with E-state index in [9.17, 15) is 14.4 Å². The normalized spacial score (nSPS) is 15.7. The molecule has 3 amide bonds. The van der Waals surface area contributed by atoms with Gasteiger partial charge in [-0.05, 0) is 61.9 Å². The number of carbonyl (C=O) groups excluding carboxylic acids is 3. The number of ether oxygens (including phenoxy) is 1. The molecular weight excluding hydrogens is 534 g/mol. The number of anilines is 1. The van der Waals surface area contributed by atoms with Gasteiger partial charge in [-0.25, -0.2) is 9.78 Å². The van der Waals surface area contributed by atoms with Gasteiger partial charge in [-0.2, -0.15) is 11.8 Å². The number of carboxylic acid groups (broad SMARTS) is 1. The Bertz CT molecular complexity index is 1200. The highest BCUT2D eigenvalue weighted by Gasteiger charge is 2.44. The van der Waals surface area contributed by atoms with Crippen LogP contribution in [0.3, 0.4) is 0 Å². The summed E-state index contributed by atoms with van der Waals surface area (Å²) in [7, 11) is 0. The minimum absolute atomic E-state index is 0.205. The van der Waals surface area contributed by atoms with Crippen molar-refractivity contribution in [3.05, 3.63) is 36.0 Å². The van der Waals surface area contributed by atoms with E-state index in [1.165, 1.54) is 0 Å². The summed E-state index contributed by atoms with van der Waals surface area (Å²) >= 11 is 1.60. The number of nitrogens with two attached hydrogens (primary N) is 1. The van der Waals surface area contributed by atoms with Gasteiger partial charge < -0.3 is 31.1 Å². The lowest BCUT2D eigenvalue weighted by Crippen LogP contribution is -2.60. The molecule has 2 aromatic rings. The van der Waals surface area contributed by atoms with Gasteiger partial charge in [-0.1, -0.05) is 26.0 Å². The summed E-state index contributed by atoms with van der Waals surface area (Å²) in [4.78, 5) is 53.9. The molecule has 1 aliphatic heterocycles. The standard InChI is InChI=1S/C26H37N5O4S.C2H4O2/c1-6-35-25(34)30-21(26(4,5)36-16(2)3)24(33)31-13-7-8-20(31)23(32)29-15-17-9-10-19-18(14-17)11-12-28-22(19)27;1-2(3)4/h9-12,14,16,20-21H,6-8,13,15H2,1-5H3,(H2,27,28)(H,29,32)(H,30,34);1H3,(H,3,4)/t20-,21+;/m0./s1. The Kier molecular flexibility index (Phi) is 12.0. The van der Waals surface area contributed by atoms with E-state index in [4.69, 9.17) is 20.4 Å². The van der Waals surface area contributed by atoms with Crippen molar-refractivity contribution in [3.8, 4) is 0 Å². The fourth-order valence-corrected chi connectivity index (χ4v) is 6.15. The monoisotopic (exact) mass is 575 g/mol. The number of fused-ring (bicyclic) bond motifs is 1. The van der Waals surface area contributed by atoms with E-state index in [1.807, 2.05) is 52.0 Å². The first-order valence-electron chi connectivity index (χ1n) is 13.3. The molecule has 1 aromatic carbocycles. The predicted octanol–water partition coefficient (Wildman–Crippen LogP) is 3.55. The number of thioether (sulfide) groups is 1. The molecule has 5 N–H and O–H groups in total. The van der Waals surface area contributed by atoms with E-state index in [2.05, 4.69) is 15.6 Å². The highest BCUT2D eigenvalue weighted by molar-refractivity contribution is 8.01. The van der Waals surface area contributed by atoms with E-state index in [-0.39, 0.29) is 23.7 Å². The van der Waals surface area contributed by atoms with Crippen LogP contribution in [0.5, 0.6) is 0 Å². The second kappa shape index (κ2) is 14.7. The topological polar surface area (TPSA) is 164 Å². The van der Waals surface area contributed by atoms with Crippen molar-refractivity contribution in [1.29, 1.82) is 0 Å². The molecule has 0 saturated carbocycles. The third kappa shape index (κ3) is 9.29. The maximum Gasteiger partial charge on any atom is 0.407 e. The quantitative estimate of drug-likeness (QED) is 0.350. The molecule has 1 aromatic heterocycles. The number of hydrogen-bond acceptors (Lipinski definition) is 8. The number of rotatable bonds is 9. The van der Waals surface area contributed by atoms with Crippen LogP contribution in [-0.2, 0) is 25.7 Å². The molecule has 0 unspecified atom stereocenters. The van der Waals surface area contributed by atoms with Gasteiger partial charge in [0.15, 0.2) is 0 Å². The van der Waals surface area contributed by atoms with Crippen LogP contribution in [0.25, 0.3) is 10.8 Å². The summed E-state index contributed by atoms with van der Waals surface area (Å²) in [5.41, 5.74) is 6.85. The molecular formula is C28H41N5O6S. The Morgan fingerprint density at radius 1 is 1.25 bits per heavy atom. The van der Waals surface area contributed by atoms with E-state index in [1.54, 1.807) is 29.8 Å². The number of alkyl carbamates (subject to hydrolysis) is 1. The molecule has 220 valence electrons. The number of pyridine rings is 1. The van der Waals surface area contributed by atoms with Crippen molar-refractivity contribution in [2.24, 2.45) is 0 Å². The zero-order valence-corrected chi connectivity index (χ0v) is 24.8. The van der Waals surface area contributed by atoms with Crippen LogP contribution < -0.4 is 16.4 Å². The number of aliphatic carboxylic acids is 1. The third-order valence-electron chi connectivity index (χ3n) is 6.18. The lowest BCUT2D eigenvalue weighted by Gasteiger charge is -2.37. The van der Waals surface area contributed by atoms with Gasteiger partial charge in [0, 0.05) is 36.3 Å². The van der Waals surface area contributed by atoms with Crippen molar-refractivity contribution in [2.45, 2.75) is 83.0 Å². The van der Waals surface area contributed by atoms with Gasteiger partial charge in [0.2, 0.25) is 11.8 Å². The number of carbonyl (C=O) groups is 4. The largest absolute Gasteiger partial charge is 0.481 e. The number of carboxylic acids is 1. The Balaban J connectivity index is 0.00000131. The van der Waals surface area contributed by atoms with Crippen molar-refractivity contribution in [2.75, 3.05) is 18.9 Å². The molecule has 0 spiro atoms. The molecule has 11 nitrogen and oxygen atoms in total. The fourth-order valence-electron chi connectivity index (χ4n) is 4.64. The van der Waals surface area contributed by atoms with Crippen LogP contribution in [0.2, 0.25) is 0 Å². The lowest BCUT2D eigenvalue weighted by molar-refractivity contribution is -0.140. The summed E-state index contributed by atoms with van der Waals surface area (Å²) in [6, 6.07) is 6.22. The van der Waals surface area contributed by atoms with Gasteiger partial charge in [0.1, 0.15) is 17.9 Å². The number of nitrogens with zero attached hydrogens (tertiary/aromatic N) is 2. The lowest BCUT2D eigenvalue weighted by atomic mass is 10.0. The van der Waals surface area contributed by atoms with Gasteiger partial charge in [-0.3, -0.25) is 14.4 Å². The smallest absolute Gasteiger partial charge is 0.407 e. The van der Waals surface area contributed by atoms with Gasteiger partial charge in [0.05, 0.1) is 6.61 Å². The molecule has 1 aliphatic rings. The first-order valence-corrected chi connectivity index (χ1v) is 14.2. The number of nitrogens with one attached hydrogen (secondary N) is 2. The second-order valence-electron chi connectivity index (χ2n) is 10.2. The number of hydrogen-bond donors (Lipinski definition) is 4. The molecule has 1 fully saturated rings. The van der Waals surface area contributed by atoms with Crippen LogP contribution in [0.1, 0.15) is 59.9 Å². The molecule has 2 atom stereocenters. The number of aromatic nitrogens is 1. The molecule has 3 rings (SSSR count). The van der Waals surface area contributed by atoms with Gasteiger partial charge in [0.25, 0.3) is 5.97 Å². The fraction of sp³-hybridized carbons (Fsp3) is 0.536. The van der Waals surface area contributed by atoms with E-state index in [0.717, 1.165) is 29.7 Å². The van der Waals surface area contributed by atoms with Crippen LogP contribution in [-0.4, -0.2) is 74.1 Å². The summed E-state index contributed by atoms with van der Waals surface area (Å²) in [6.45, 7) is 11.7. The van der Waals surface area contributed by atoms with Crippen molar-refractivity contribution < 1.29 is 29.0 Å². The zero-order valence-electron chi connectivity index (χ0n) is 24.0. The SMILES string of the molecule is CC(=O)O.CCOC(=O)N[C@H](C(=O)N1CCC[C@H]1C(=O)NCc1ccc2c(N)nccc2c1)C(C)(C)SC(C)C. The van der Waals surface area contributed by atoms with E-state index >= 15 is 0 Å². The molecule has 0 bridgehead atoms. The average Bonchev–Trinajstić information content (AvgIpc) is 3.35. The molecule has 40 heavy (non-hydrogen) atoms. The Morgan fingerprint density at radius 2 is 1.93 bits per heavy atom. The first-order chi connectivity index (χ1) is 18.8. The number of amides is 3.